The molecule has 2 aliphatic rings. The van der Waals surface area contributed by atoms with Crippen molar-refractivity contribution in [1.82, 2.24) is 20.0 Å². The fourth-order valence-corrected chi connectivity index (χ4v) is 2.86. The molecule has 2 atom stereocenters. The molecule has 0 aromatic carbocycles. The van der Waals surface area contributed by atoms with Gasteiger partial charge in [0.1, 0.15) is 0 Å². The van der Waals surface area contributed by atoms with E-state index in [9.17, 15) is 22.8 Å². The van der Waals surface area contributed by atoms with Crippen LogP contribution in [0.3, 0.4) is 0 Å². The van der Waals surface area contributed by atoms with Crippen LogP contribution in [0.1, 0.15) is 12.8 Å². The van der Waals surface area contributed by atoms with Crippen LogP contribution in [-0.4, -0.2) is 85.2 Å². The van der Waals surface area contributed by atoms with Crippen molar-refractivity contribution in [1.29, 1.82) is 0 Å². The first-order chi connectivity index (χ1) is 10.2. The second-order valence-corrected chi connectivity index (χ2v) is 6.04. The van der Waals surface area contributed by atoms with E-state index in [1.54, 1.807) is 4.90 Å². The van der Waals surface area contributed by atoms with E-state index in [4.69, 9.17) is 0 Å². The van der Waals surface area contributed by atoms with Crippen LogP contribution >= 0.6 is 0 Å². The first kappa shape index (κ1) is 16.9. The lowest BCUT2D eigenvalue weighted by Crippen LogP contribution is -2.46. The summed E-state index contributed by atoms with van der Waals surface area (Å²) in [7, 11) is 3.91. The summed E-state index contributed by atoms with van der Waals surface area (Å²) >= 11 is 0. The summed E-state index contributed by atoms with van der Waals surface area (Å²) in [5.74, 6) is -1.94. The summed E-state index contributed by atoms with van der Waals surface area (Å²) in [6.45, 7) is 1.77. The third-order valence-corrected chi connectivity index (χ3v) is 4.22. The Morgan fingerprint density at radius 1 is 1.09 bits per heavy atom. The normalized spacial score (nSPS) is 25.9. The van der Waals surface area contributed by atoms with E-state index in [1.807, 2.05) is 19.4 Å². The molecule has 2 saturated heterocycles. The van der Waals surface area contributed by atoms with Gasteiger partial charge >= 0.3 is 18.1 Å². The van der Waals surface area contributed by atoms with Gasteiger partial charge in [0.25, 0.3) is 0 Å². The highest BCUT2D eigenvalue weighted by molar-refractivity contribution is 5.82. The Balaban J connectivity index is 1.83. The Bertz CT molecular complexity index is 441. The van der Waals surface area contributed by atoms with Crippen LogP contribution in [0, 0.1) is 0 Å². The molecule has 1 N–H and O–H groups in total. The van der Waals surface area contributed by atoms with Crippen molar-refractivity contribution in [2.24, 2.45) is 0 Å². The molecule has 126 valence electrons. The number of likely N-dealkylation sites (tertiary alicyclic amines) is 2. The highest BCUT2D eigenvalue weighted by Gasteiger charge is 2.41. The van der Waals surface area contributed by atoms with Crippen molar-refractivity contribution in [3.8, 4) is 0 Å². The molecule has 9 heteroatoms. The molecule has 0 aromatic rings. The second-order valence-electron chi connectivity index (χ2n) is 6.04. The SMILES string of the molecule is CN(C)C1CCN(C(=O)N2CCC(NC(=O)C(F)(F)F)C2)C1. The average molecular weight is 322 g/mol. The first-order valence-electron chi connectivity index (χ1n) is 7.26. The summed E-state index contributed by atoms with van der Waals surface area (Å²) in [4.78, 5) is 28.6. The number of hydrogen-bond acceptors (Lipinski definition) is 3. The summed E-state index contributed by atoms with van der Waals surface area (Å²) in [5.41, 5.74) is 0. The molecule has 0 radical (unpaired) electrons. The fraction of sp³-hybridized carbons (Fsp3) is 0.846. The van der Waals surface area contributed by atoms with Gasteiger partial charge < -0.3 is 20.0 Å². The van der Waals surface area contributed by atoms with E-state index in [-0.39, 0.29) is 12.6 Å². The van der Waals surface area contributed by atoms with Crippen LogP contribution in [0.25, 0.3) is 0 Å². The van der Waals surface area contributed by atoms with Crippen molar-refractivity contribution >= 4 is 11.9 Å². The summed E-state index contributed by atoms with van der Waals surface area (Å²) in [6.07, 6.45) is -3.65. The van der Waals surface area contributed by atoms with Gasteiger partial charge in [-0.2, -0.15) is 13.2 Å². The van der Waals surface area contributed by atoms with Crippen LogP contribution in [0.15, 0.2) is 0 Å². The molecule has 0 saturated carbocycles. The molecule has 2 heterocycles. The Morgan fingerprint density at radius 2 is 1.68 bits per heavy atom. The molecule has 2 rings (SSSR count). The van der Waals surface area contributed by atoms with E-state index in [2.05, 4.69) is 4.90 Å². The maximum absolute atomic E-state index is 12.3. The third kappa shape index (κ3) is 3.82. The number of likely N-dealkylation sites (N-methyl/N-ethyl adjacent to an activating group) is 1. The molecular formula is C13H21F3N4O2. The number of nitrogens with zero attached hydrogens (tertiary/aromatic N) is 3. The smallest absolute Gasteiger partial charge is 0.344 e. The zero-order valence-electron chi connectivity index (χ0n) is 12.7. The number of alkyl halides is 3. The number of nitrogens with one attached hydrogen (secondary N) is 1. The maximum atomic E-state index is 12.3. The van der Waals surface area contributed by atoms with Gasteiger partial charge in [-0.1, -0.05) is 0 Å². The van der Waals surface area contributed by atoms with E-state index < -0.39 is 18.1 Å². The molecule has 6 nitrogen and oxygen atoms in total. The van der Waals surface area contributed by atoms with Crippen LogP contribution in [0.5, 0.6) is 0 Å². The van der Waals surface area contributed by atoms with Crippen molar-refractivity contribution in [3.63, 3.8) is 0 Å². The standard InChI is InChI=1S/C13H21F3N4O2/c1-18(2)10-4-6-20(8-10)12(22)19-5-3-9(7-19)17-11(21)13(14,15)16/h9-10H,3-8H2,1-2H3,(H,17,21). The monoisotopic (exact) mass is 322 g/mol. The minimum Gasteiger partial charge on any atom is -0.344 e. The molecule has 2 aliphatic heterocycles. The first-order valence-corrected chi connectivity index (χ1v) is 7.26. The predicted molar refractivity (Wildman–Crippen MR) is 73.2 cm³/mol. The Labute approximate surface area is 127 Å². The minimum atomic E-state index is -4.88. The topological polar surface area (TPSA) is 55.9 Å². The zero-order valence-corrected chi connectivity index (χ0v) is 12.7. The van der Waals surface area contributed by atoms with Gasteiger partial charge in [0.15, 0.2) is 0 Å². The molecule has 3 amide bonds. The van der Waals surface area contributed by atoms with E-state index in [0.29, 0.717) is 32.1 Å². The number of urea groups is 1. The lowest BCUT2D eigenvalue weighted by Gasteiger charge is -2.25. The summed E-state index contributed by atoms with van der Waals surface area (Å²) in [6, 6.07) is -0.481. The van der Waals surface area contributed by atoms with Crippen LogP contribution in [0.4, 0.5) is 18.0 Å². The van der Waals surface area contributed by atoms with Crippen LogP contribution < -0.4 is 5.32 Å². The van der Waals surface area contributed by atoms with Gasteiger partial charge in [-0.15, -0.1) is 0 Å². The van der Waals surface area contributed by atoms with Crippen LogP contribution in [-0.2, 0) is 4.79 Å². The van der Waals surface area contributed by atoms with Gasteiger partial charge in [-0.25, -0.2) is 4.79 Å². The number of carbonyl (C=O) groups excluding carboxylic acids is 2. The minimum absolute atomic E-state index is 0.129. The highest BCUT2D eigenvalue weighted by atomic mass is 19.4. The number of halogens is 3. The molecule has 0 bridgehead atoms. The van der Waals surface area contributed by atoms with Crippen molar-refractivity contribution in [3.05, 3.63) is 0 Å². The van der Waals surface area contributed by atoms with Gasteiger partial charge in [0.2, 0.25) is 0 Å². The van der Waals surface area contributed by atoms with Crippen molar-refractivity contribution < 1.29 is 22.8 Å². The molecule has 2 unspecified atom stereocenters. The molecule has 0 aliphatic carbocycles. The van der Waals surface area contributed by atoms with Crippen molar-refractivity contribution in [2.75, 3.05) is 40.3 Å². The molecule has 0 aromatic heterocycles. The second kappa shape index (κ2) is 6.31. The van der Waals surface area contributed by atoms with Crippen molar-refractivity contribution in [2.45, 2.75) is 31.1 Å². The largest absolute Gasteiger partial charge is 0.471 e. The third-order valence-electron chi connectivity index (χ3n) is 4.22. The van der Waals surface area contributed by atoms with E-state index >= 15 is 0 Å². The number of rotatable bonds is 2. The zero-order chi connectivity index (χ0) is 16.5. The lowest BCUT2D eigenvalue weighted by molar-refractivity contribution is -0.174. The summed E-state index contributed by atoms with van der Waals surface area (Å²) in [5, 5.41) is 1.94. The number of carbonyl (C=O) groups is 2. The Morgan fingerprint density at radius 3 is 2.23 bits per heavy atom. The quantitative estimate of drug-likeness (QED) is 0.805. The summed E-state index contributed by atoms with van der Waals surface area (Å²) < 4.78 is 36.7. The van der Waals surface area contributed by atoms with Gasteiger partial charge in [-0.05, 0) is 26.9 Å². The van der Waals surface area contributed by atoms with Gasteiger partial charge in [-0.3, -0.25) is 4.79 Å². The van der Waals surface area contributed by atoms with Gasteiger partial charge in [0.05, 0.1) is 0 Å². The van der Waals surface area contributed by atoms with E-state index in [1.165, 1.54) is 4.90 Å². The molecule has 0 spiro atoms. The number of amides is 3. The van der Waals surface area contributed by atoms with Gasteiger partial charge in [0, 0.05) is 38.3 Å². The molecular weight excluding hydrogens is 301 g/mol. The highest BCUT2D eigenvalue weighted by Crippen LogP contribution is 2.20. The predicted octanol–water partition coefficient (Wildman–Crippen LogP) is 0.495. The lowest BCUT2D eigenvalue weighted by atomic mass is 10.2. The number of hydrogen-bond donors (Lipinski definition) is 1. The Kier molecular flexibility index (Phi) is 4.84. The maximum Gasteiger partial charge on any atom is 0.471 e. The fourth-order valence-electron chi connectivity index (χ4n) is 2.86. The Hall–Kier alpha value is -1.51. The molecule has 22 heavy (non-hydrogen) atoms. The van der Waals surface area contributed by atoms with E-state index in [0.717, 1.165) is 6.42 Å². The average Bonchev–Trinajstić information content (AvgIpc) is 3.05. The van der Waals surface area contributed by atoms with Crippen LogP contribution in [0.2, 0.25) is 0 Å². The molecule has 2 fully saturated rings.